The summed E-state index contributed by atoms with van der Waals surface area (Å²) in [5.41, 5.74) is 1.97. The van der Waals surface area contributed by atoms with Crippen LogP contribution in [0.25, 0.3) is 11.3 Å². The predicted octanol–water partition coefficient (Wildman–Crippen LogP) is 6.04. The van der Waals surface area contributed by atoms with Crippen molar-refractivity contribution in [3.63, 3.8) is 0 Å². The molecule has 46 heavy (non-hydrogen) atoms. The smallest absolute Gasteiger partial charge is 0.410 e. The molecule has 0 spiro atoms. The molecule has 2 aliphatic heterocycles. The van der Waals surface area contributed by atoms with Crippen LogP contribution in [0.2, 0.25) is 10.0 Å². The number of nitrogens with zero attached hydrogens (tertiary/aromatic N) is 6. The van der Waals surface area contributed by atoms with Crippen molar-refractivity contribution < 1.29 is 19.1 Å². The van der Waals surface area contributed by atoms with Gasteiger partial charge in [-0.15, -0.1) is 10.2 Å². The van der Waals surface area contributed by atoms with Crippen molar-refractivity contribution in [1.82, 2.24) is 30.3 Å². The molecule has 11 nitrogen and oxygen atoms in total. The van der Waals surface area contributed by atoms with E-state index in [1.807, 2.05) is 51.1 Å². The zero-order valence-electron chi connectivity index (χ0n) is 26.8. The number of anilines is 1. The minimum atomic E-state index is -0.529. The molecule has 2 aliphatic rings. The summed E-state index contributed by atoms with van der Waals surface area (Å²) >= 11 is 12.7. The van der Waals surface area contributed by atoms with Gasteiger partial charge in [0, 0.05) is 73.9 Å². The number of hydrogen-bond donors (Lipinski definition) is 1. The number of carbonyl (C=O) groups is 2. The Hall–Kier alpha value is -3.67. The van der Waals surface area contributed by atoms with Crippen LogP contribution in [-0.2, 0) is 16.1 Å². The van der Waals surface area contributed by atoms with Crippen LogP contribution in [0.4, 0.5) is 10.6 Å². The van der Waals surface area contributed by atoms with Gasteiger partial charge in [0.25, 0.3) is 0 Å². The minimum absolute atomic E-state index is 0.0119. The van der Waals surface area contributed by atoms with Crippen molar-refractivity contribution in [2.45, 2.75) is 52.7 Å². The molecule has 5 rings (SSSR count). The van der Waals surface area contributed by atoms with Crippen LogP contribution < -0.4 is 15.0 Å². The van der Waals surface area contributed by atoms with E-state index in [0.717, 1.165) is 43.6 Å². The number of piperazine rings is 1. The summed E-state index contributed by atoms with van der Waals surface area (Å²) in [6.45, 7) is 12.8. The van der Waals surface area contributed by atoms with Gasteiger partial charge >= 0.3 is 6.09 Å². The van der Waals surface area contributed by atoms with Crippen LogP contribution in [0.3, 0.4) is 0 Å². The fraction of sp³-hybridized carbons (Fsp3) is 0.485. The first kappa shape index (κ1) is 33.7. The Kier molecular flexibility index (Phi) is 10.9. The summed E-state index contributed by atoms with van der Waals surface area (Å²) in [7, 11) is 0. The molecule has 3 aromatic rings. The number of pyridine rings is 1. The molecule has 4 heterocycles. The number of piperidine rings is 1. The topological polar surface area (TPSA) is 113 Å². The molecule has 0 bridgehead atoms. The van der Waals surface area contributed by atoms with Crippen LogP contribution in [0, 0.1) is 5.92 Å². The number of halogens is 2. The fourth-order valence-electron chi connectivity index (χ4n) is 5.54. The quantitative estimate of drug-likeness (QED) is 0.307. The number of amides is 2. The number of aromatic nitrogens is 3. The number of carbonyl (C=O) groups excluding carboxylic acids is 2. The average molecular weight is 671 g/mol. The molecule has 0 unspecified atom stereocenters. The highest BCUT2D eigenvalue weighted by molar-refractivity contribution is 6.35. The molecule has 1 N–H and O–H groups in total. The monoisotopic (exact) mass is 669 g/mol. The molecule has 0 aliphatic carbocycles. The lowest BCUT2D eigenvalue weighted by Gasteiger charge is -2.35. The van der Waals surface area contributed by atoms with E-state index >= 15 is 0 Å². The van der Waals surface area contributed by atoms with E-state index in [0.29, 0.717) is 72.0 Å². The maximum Gasteiger partial charge on any atom is 0.410 e. The summed E-state index contributed by atoms with van der Waals surface area (Å²) in [6, 6.07) is 12.9. The van der Waals surface area contributed by atoms with E-state index < -0.39 is 5.60 Å². The highest BCUT2D eigenvalue weighted by atomic mass is 35.5. The maximum absolute atomic E-state index is 12.4. The molecular formula is C33H41Cl2N7O4. The molecular weight excluding hydrogens is 629 g/mol. The minimum Gasteiger partial charge on any atom is -0.444 e. The van der Waals surface area contributed by atoms with Gasteiger partial charge in [-0.1, -0.05) is 23.2 Å². The third-order valence-electron chi connectivity index (χ3n) is 7.86. The highest BCUT2D eigenvalue weighted by Crippen LogP contribution is 2.31. The van der Waals surface area contributed by atoms with Gasteiger partial charge in [0.15, 0.2) is 5.82 Å². The van der Waals surface area contributed by atoms with E-state index in [1.165, 1.54) is 0 Å². The number of nitrogens with one attached hydrogen (secondary N) is 1. The summed E-state index contributed by atoms with van der Waals surface area (Å²) in [4.78, 5) is 34.7. The van der Waals surface area contributed by atoms with E-state index in [2.05, 4.69) is 25.3 Å². The molecule has 2 amide bonds. The van der Waals surface area contributed by atoms with E-state index in [9.17, 15) is 9.59 Å². The Labute approximate surface area is 280 Å². The molecule has 2 fully saturated rings. The van der Waals surface area contributed by atoms with Gasteiger partial charge in [0.2, 0.25) is 17.7 Å². The lowest BCUT2D eigenvalue weighted by molar-refractivity contribution is -0.119. The van der Waals surface area contributed by atoms with Gasteiger partial charge in [-0.05, 0) is 88.5 Å². The van der Waals surface area contributed by atoms with Crippen molar-refractivity contribution in [3.05, 3.63) is 58.1 Å². The Bertz CT molecular complexity index is 1500. The van der Waals surface area contributed by atoms with E-state index in [-0.39, 0.29) is 12.0 Å². The SMILES string of the molecule is CC(=O)NCC1CCN(Cc2cc(Oc3ccc(N4CCN(C(=O)OC(C)(C)C)CC4)nn3)nc(-c3cc(Cl)cc(Cl)c3)c2)CC1. The van der Waals surface area contributed by atoms with Gasteiger partial charge in [0.05, 0.1) is 5.69 Å². The Morgan fingerprint density at radius 2 is 1.61 bits per heavy atom. The third-order valence-corrected chi connectivity index (χ3v) is 8.30. The normalized spacial score (nSPS) is 16.3. The maximum atomic E-state index is 12.4. The zero-order chi connectivity index (χ0) is 32.8. The van der Waals surface area contributed by atoms with Crippen LogP contribution >= 0.6 is 23.2 Å². The first-order chi connectivity index (χ1) is 21.9. The lowest BCUT2D eigenvalue weighted by Crippen LogP contribution is -2.50. The van der Waals surface area contributed by atoms with Crippen molar-refractivity contribution in [3.8, 4) is 23.0 Å². The van der Waals surface area contributed by atoms with Crippen LogP contribution in [-0.4, -0.2) is 88.4 Å². The molecule has 0 radical (unpaired) electrons. The standard InChI is InChI=1S/C33H41Cl2N7O4/c1-22(43)36-20-23-7-9-40(10-8-23)21-24-15-28(25-17-26(34)19-27(35)18-25)37-31(16-24)45-30-6-5-29(38-39-30)41-11-13-42(14-12-41)32(44)46-33(2,3)4/h5-6,15-19,23H,7-14,20-21H2,1-4H3,(H,36,43). The summed E-state index contributed by atoms with van der Waals surface area (Å²) in [6.07, 6.45) is 1.73. The van der Waals surface area contributed by atoms with Crippen LogP contribution in [0.15, 0.2) is 42.5 Å². The summed E-state index contributed by atoms with van der Waals surface area (Å²) in [5, 5.41) is 12.7. The number of ether oxygens (including phenoxy) is 2. The van der Waals surface area contributed by atoms with Gasteiger partial charge in [-0.2, -0.15) is 0 Å². The number of hydrogen-bond acceptors (Lipinski definition) is 9. The lowest BCUT2D eigenvalue weighted by atomic mass is 9.96. The van der Waals surface area contributed by atoms with Crippen molar-refractivity contribution >= 4 is 41.0 Å². The molecule has 0 saturated carbocycles. The van der Waals surface area contributed by atoms with Crippen molar-refractivity contribution in [2.75, 3.05) is 50.7 Å². The average Bonchev–Trinajstić information content (AvgIpc) is 3.00. The van der Waals surface area contributed by atoms with Gasteiger partial charge in [-0.3, -0.25) is 9.69 Å². The van der Waals surface area contributed by atoms with Gasteiger partial charge in [-0.25, -0.2) is 9.78 Å². The zero-order valence-corrected chi connectivity index (χ0v) is 28.3. The molecule has 246 valence electrons. The molecule has 2 saturated heterocycles. The van der Waals surface area contributed by atoms with E-state index in [4.69, 9.17) is 37.7 Å². The molecule has 2 aromatic heterocycles. The Balaban J connectivity index is 1.26. The van der Waals surface area contributed by atoms with Crippen LogP contribution in [0.1, 0.15) is 46.1 Å². The van der Waals surface area contributed by atoms with Crippen LogP contribution in [0.5, 0.6) is 11.8 Å². The number of benzene rings is 1. The fourth-order valence-corrected chi connectivity index (χ4v) is 6.06. The number of rotatable bonds is 8. The second-order valence-electron chi connectivity index (χ2n) is 12.8. The highest BCUT2D eigenvalue weighted by Gasteiger charge is 2.27. The molecule has 13 heteroatoms. The molecule has 0 atom stereocenters. The van der Waals surface area contributed by atoms with Crippen molar-refractivity contribution in [2.24, 2.45) is 5.92 Å². The second-order valence-corrected chi connectivity index (χ2v) is 13.7. The van der Waals surface area contributed by atoms with Gasteiger partial charge < -0.3 is 24.6 Å². The van der Waals surface area contributed by atoms with Crippen molar-refractivity contribution in [1.29, 1.82) is 0 Å². The summed E-state index contributed by atoms with van der Waals surface area (Å²) in [5.74, 6) is 1.90. The van der Waals surface area contributed by atoms with Gasteiger partial charge in [0.1, 0.15) is 5.60 Å². The second kappa shape index (κ2) is 14.8. The predicted molar refractivity (Wildman–Crippen MR) is 179 cm³/mol. The van der Waals surface area contributed by atoms with E-state index in [1.54, 1.807) is 24.0 Å². The Morgan fingerprint density at radius 1 is 0.913 bits per heavy atom. The Morgan fingerprint density at radius 3 is 2.22 bits per heavy atom. The molecule has 1 aromatic carbocycles. The first-order valence-electron chi connectivity index (χ1n) is 15.6. The first-order valence-corrected chi connectivity index (χ1v) is 16.3. The third kappa shape index (κ3) is 9.67. The number of likely N-dealkylation sites (tertiary alicyclic amines) is 1. The largest absolute Gasteiger partial charge is 0.444 e. The summed E-state index contributed by atoms with van der Waals surface area (Å²) < 4.78 is 11.6.